The molecule has 10 N–H and O–H groups in total. The van der Waals surface area contributed by atoms with Crippen molar-refractivity contribution in [1.82, 2.24) is 12.3 Å². The SMILES string of the molecule is O=C([O-])O.O=C([O-])O.[NH4+].[NH4+]. The standard InChI is InChI=1S/2CH2O3.2H3N/c2*2-1(3)4;;/h2*(H2,2,3,4);2*1H3. The minimum absolute atomic E-state index is 0. The summed E-state index contributed by atoms with van der Waals surface area (Å²) >= 11 is 0. The van der Waals surface area contributed by atoms with E-state index < -0.39 is 12.3 Å². The maximum Gasteiger partial charge on any atom is 0.249 e. The van der Waals surface area contributed by atoms with Gasteiger partial charge in [-0.25, -0.2) is 0 Å². The summed E-state index contributed by atoms with van der Waals surface area (Å²) < 4.78 is 0. The van der Waals surface area contributed by atoms with Crippen molar-refractivity contribution in [3.05, 3.63) is 0 Å². The van der Waals surface area contributed by atoms with Gasteiger partial charge in [0.2, 0.25) is 12.3 Å². The highest BCUT2D eigenvalue weighted by Crippen LogP contribution is 1.32. The normalized spacial score (nSPS) is 4.80. The maximum absolute atomic E-state index is 8.44. The Morgan fingerprint density at radius 3 is 0.900 bits per heavy atom. The first kappa shape index (κ1) is 23.7. The molecule has 10 heavy (non-hydrogen) atoms. The monoisotopic (exact) mass is 158 g/mol. The van der Waals surface area contributed by atoms with Crippen molar-refractivity contribution in [3.63, 3.8) is 0 Å². The van der Waals surface area contributed by atoms with Crippen LogP contribution in [0.4, 0.5) is 9.59 Å². The predicted molar refractivity (Wildman–Crippen MR) is 28.0 cm³/mol. The van der Waals surface area contributed by atoms with Gasteiger partial charge in [0.1, 0.15) is 0 Å². The van der Waals surface area contributed by atoms with Crippen molar-refractivity contribution < 1.29 is 30.0 Å². The van der Waals surface area contributed by atoms with Crippen molar-refractivity contribution in [1.29, 1.82) is 0 Å². The van der Waals surface area contributed by atoms with Crippen molar-refractivity contribution in [2.75, 3.05) is 0 Å². The van der Waals surface area contributed by atoms with Crippen LogP contribution in [0.2, 0.25) is 0 Å². The zero-order chi connectivity index (χ0) is 7.15. The van der Waals surface area contributed by atoms with Crippen LogP contribution in [0, 0.1) is 0 Å². The molecule has 0 radical (unpaired) electrons. The van der Waals surface area contributed by atoms with Crippen LogP contribution in [-0.4, -0.2) is 22.5 Å². The van der Waals surface area contributed by atoms with Crippen LogP contribution in [0.5, 0.6) is 0 Å². The summed E-state index contributed by atoms with van der Waals surface area (Å²) in [4.78, 5) is 16.9. The molecule has 0 aromatic heterocycles. The van der Waals surface area contributed by atoms with Gasteiger partial charge >= 0.3 is 0 Å². The van der Waals surface area contributed by atoms with Crippen LogP contribution < -0.4 is 22.5 Å². The van der Waals surface area contributed by atoms with Gasteiger partial charge in [-0.3, -0.25) is 0 Å². The Kier molecular flexibility index (Phi) is 37.0. The zero-order valence-corrected chi connectivity index (χ0v) is 5.53. The molecule has 0 saturated carbocycles. The summed E-state index contributed by atoms with van der Waals surface area (Å²) in [5.41, 5.74) is 0. The van der Waals surface area contributed by atoms with E-state index in [1.54, 1.807) is 0 Å². The molecule has 0 unspecified atom stereocenters. The van der Waals surface area contributed by atoms with E-state index in [2.05, 4.69) is 0 Å². The van der Waals surface area contributed by atoms with Crippen LogP contribution in [-0.2, 0) is 0 Å². The zero-order valence-electron chi connectivity index (χ0n) is 5.53. The van der Waals surface area contributed by atoms with E-state index in [-0.39, 0.29) is 12.3 Å². The number of hydrogen-bond acceptors (Lipinski definition) is 4. The molecular formula is C2H10N2O6. The van der Waals surface area contributed by atoms with Gasteiger partial charge in [0, 0.05) is 0 Å². The smallest absolute Gasteiger partial charge is 0.249 e. The van der Waals surface area contributed by atoms with E-state index in [9.17, 15) is 0 Å². The highest BCUT2D eigenvalue weighted by Gasteiger charge is 1.51. The molecule has 0 aromatic carbocycles. The summed E-state index contributed by atoms with van der Waals surface area (Å²) in [5.74, 6) is 0. The molecule has 0 heterocycles. The minimum atomic E-state index is -2.08. The third kappa shape index (κ3) is 81.2. The highest BCUT2D eigenvalue weighted by atomic mass is 16.6. The van der Waals surface area contributed by atoms with E-state index in [1.807, 2.05) is 0 Å². The van der Waals surface area contributed by atoms with Crippen LogP contribution in [0.1, 0.15) is 0 Å². The number of quaternary nitrogens is 2. The van der Waals surface area contributed by atoms with Gasteiger partial charge in [0.25, 0.3) is 0 Å². The lowest BCUT2D eigenvalue weighted by Crippen LogP contribution is -2.17. The van der Waals surface area contributed by atoms with Gasteiger partial charge < -0.3 is 42.3 Å². The third-order valence-corrected chi connectivity index (χ3v) is 0. The lowest BCUT2D eigenvalue weighted by atomic mass is 11.5. The van der Waals surface area contributed by atoms with E-state index >= 15 is 0 Å². The highest BCUT2D eigenvalue weighted by molar-refractivity contribution is 5.50. The molecule has 8 nitrogen and oxygen atoms in total. The maximum atomic E-state index is 8.44. The van der Waals surface area contributed by atoms with E-state index in [4.69, 9.17) is 30.0 Å². The molecule has 0 amide bonds. The molecule has 0 aromatic rings. The first-order chi connectivity index (χ1) is 3.46. The molecule has 0 aliphatic carbocycles. The van der Waals surface area contributed by atoms with Gasteiger partial charge in [-0.15, -0.1) is 0 Å². The Balaban J connectivity index is -0.0000000300. The average Bonchev–Trinajstić information content (AvgIpc) is 1.25. The molecule has 0 aliphatic rings. The summed E-state index contributed by atoms with van der Waals surface area (Å²) in [7, 11) is 0. The number of carboxylic acid groups (broad SMARTS) is 4. The summed E-state index contributed by atoms with van der Waals surface area (Å²) in [6.07, 6.45) is -4.17. The summed E-state index contributed by atoms with van der Waals surface area (Å²) in [6.45, 7) is 0. The van der Waals surface area contributed by atoms with Crippen molar-refractivity contribution in [3.8, 4) is 0 Å². The molecular weight excluding hydrogens is 148 g/mol. The Morgan fingerprint density at radius 2 is 0.900 bits per heavy atom. The first-order valence-electron chi connectivity index (χ1n) is 1.26. The number of hydrogen-bond donors (Lipinski definition) is 4. The molecule has 0 aliphatic heterocycles. The average molecular weight is 158 g/mol. The van der Waals surface area contributed by atoms with Crippen molar-refractivity contribution in [2.24, 2.45) is 0 Å². The van der Waals surface area contributed by atoms with Gasteiger partial charge in [-0.05, 0) is 0 Å². The molecule has 0 rings (SSSR count). The number of rotatable bonds is 0. The minimum Gasteiger partial charge on any atom is -0.565 e. The largest absolute Gasteiger partial charge is 0.565 e. The van der Waals surface area contributed by atoms with Gasteiger partial charge in [-0.1, -0.05) is 0 Å². The summed E-state index contributed by atoms with van der Waals surface area (Å²) in [6, 6.07) is 0. The van der Waals surface area contributed by atoms with Crippen LogP contribution in [0.25, 0.3) is 0 Å². The molecule has 0 spiro atoms. The summed E-state index contributed by atoms with van der Waals surface area (Å²) in [5, 5.41) is 30.6. The van der Waals surface area contributed by atoms with Gasteiger partial charge in [0.05, 0.1) is 0 Å². The fourth-order valence-corrected chi connectivity index (χ4v) is 0. The van der Waals surface area contributed by atoms with Crippen LogP contribution in [0.15, 0.2) is 0 Å². The second-order valence-electron chi connectivity index (χ2n) is 0.532. The lowest BCUT2D eigenvalue weighted by molar-refractivity contribution is -0.276. The molecule has 0 saturated heterocycles. The van der Waals surface area contributed by atoms with Crippen LogP contribution >= 0.6 is 0 Å². The van der Waals surface area contributed by atoms with E-state index in [0.717, 1.165) is 0 Å². The fourth-order valence-electron chi connectivity index (χ4n) is 0. The van der Waals surface area contributed by atoms with Crippen molar-refractivity contribution >= 4 is 12.3 Å². The quantitative estimate of drug-likeness (QED) is 0.331. The first-order valence-corrected chi connectivity index (χ1v) is 1.26. The molecule has 0 bridgehead atoms. The van der Waals surface area contributed by atoms with Gasteiger partial charge in [0.15, 0.2) is 0 Å². The third-order valence-electron chi connectivity index (χ3n) is 0. The predicted octanol–water partition coefficient (Wildman–Crippen LogP) is -1.47. The van der Waals surface area contributed by atoms with Crippen molar-refractivity contribution in [2.45, 2.75) is 0 Å². The Morgan fingerprint density at radius 1 is 0.900 bits per heavy atom. The topological polar surface area (TPSA) is 194 Å². The Labute approximate surface area is 55.9 Å². The molecule has 64 valence electrons. The molecule has 0 fully saturated rings. The molecule has 8 heteroatoms. The van der Waals surface area contributed by atoms with E-state index in [1.165, 1.54) is 0 Å². The molecule has 0 atom stereocenters. The number of carbonyl (C=O) groups is 2. The van der Waals surface area contributed by atoms with Gasteiger partial charge in [-0.2, -0.15) is 0 Å². The Bertz CT molecular complexity index is 71.7. The second kappa shape index (κ2) is 15.7. The van der Waals surface area contributed by atoms with E-state index in [0.29, 0.717) is 0 Å². The fraction of sp³-hybridized carbons (Fsp3) is 0. The Hall–Kier alpha value is -1.54. The lowest BCUT2D eigenvalue weighted by Gasteiger charge is -1.74. The van der Waals surface area contributed by atoms with Crippen LogP contribution in [0.3, 0.4) is 0 Å². The second-order valence-corrected chi connectivity index (χ2v) is 0.532.